The van der Waals surface area contributed by atoms with Crippen molar-refractivity contribution in [2.75, 3.05) is 17.2 Å². The van der Waals surface area contributed by atoms with Crippen LogP contribution in [0.3, 0.4) is 0 Å². The number of carbonyl (C=O) groups is 1. The van der Waals surface area contributed by atoms with Crippen LogP contribution in [0, 0.1) is 10.5 Å². The van der Waals surface area contributed by atoms with Gasteiger partial charge >= 0.3 is 0 Å². The molecule has 1 amide bonds. The number of aryl methyl sites for hydroxylation is 1. The summed E-state index contributed by atoms with van der Waals surface area (Å²) in [6.45, 7) is 2.22. The Hall–Kier alpha value is -1.74. The normalized spacial score (nSPS) is 10.6. The lowest BCUT2D eigenvalue weighted by Crippen LogP contribution is -2.22. The van der Waals surface area contributed by atoms with E-state index < -0.39 is 0 Å². The van der Waals surface area contributed by atoms with Crippen molar-refractivity contribution in [1.29, 1.82) is 0 Å². The number of hydrogen-bond donors (Lipinski definition) is 2. The molecule has 0 aliphatic heterocycles. The van der Waals surface area contributed by atoms with Crippen molar-refractivity contribution in [3.63, 3.8) is 0 Å². The number of fused-ring (bicyclic) bond motifs is 1. The highest BCUT2D eigenvalue weighted by atomic mass is 127. The molecule has 0 aliphatic rings. The predicted octanol–water partition coefficient (Wildman–Crippen LogP) is 3.65. The summed E-state index contributed by atoms with van der Waals surface area (Å²) in [6, 6.07) is 11.6. The van der Waals surface area contributed by atoms with Crippen LogP contribution >= 0.6 is 34.3 Å². The van der Waals surface area contributed by atoms with Gasteiger partial charge in [0.15, 0.2) is 0 Å². The molecule has 3 aromatic rings. The molecule has 0 saturated heterocycles. The van der Waals surface area contributed by atoms with Gasteiger partial charge in [-0.05, 0) is 65.4 Å². The Morgan fingerprint density at radius 3 is 2.91 bits per heavy atom. The minimum absolute atomic E-state index is 0.113. The van der Waals surface area contributed by atoms with Crippen LogP contribution in [-0.2, 0) is 4.79 Å². The molecule has 2 aromatic carbocycles. The highest BCUT2D eigenvalue weighted by molar-refractivity contribution is 14.1. The molecule has 0 fully saturated rings. The van der Waals surface area contributed by atoms with Gasteiger partial charge in [-0.3, -0.25) is 4.79 Å². The molecule has 0 aliphatic carbocycles. The van der Waals surface area contributed by atoms with Crippen LogP contribution in [0.15, 0.2) is 36.4 Å². The number of carbonyl (C=O) groups excluding carboxylic acids is 1. The molecule has 1 aromatic heterocycles. The van der Waals surface area contributed by atoms with Gasteiger partial charge in [0.1, 0.15) is 11.0 Å². The number of nitrogens with one attached hydrogen (secondary N) is 2. The van der Waals surface area contributed by atoms with Gasteiger partial charge in [-0.25, -0.2) is 0 Å². The molecule has 3 rings (SSSR count). The van der Waals surface area contributed by atoms with Crippen LogP contribution in [0.1, 0.15) is 5.56 Å². The van der Waals surface area contributed by atoms with Gasteiger partial charge < -0.3 is 10.6 Å². The van der Waals surface area contributed by atoms with E-state index >= 15 is 0 Å². The number of halogens is 1. The summed E-state index contributed by atoms with van der Waals surface area (Å²) < 4.78 is 9.55. The Morgan fingerprint density at radius 2 is 2.09 bits per heavy atom. The maximum absolute atomic E-state index is 12.1. The van der Waals surface area contributed by atoms with Gasteiger partial charge in [-0.2, -0.15) is 8.75 Å². The van der Waals surface area contributed by atoms with Gasteiger partial charge in [-0.15, -0.1) is 0 Å². The van der Waals surface area contributed by atoms with E-state index in [4.69, 9.17) is 0 Å². The fraction of sp³-hybridized carbons (Fsp3) is 0.133. The summed E-state index contributed by atoms with van der Waals surface area (Å²) in [5.41, 5.74) is 4.29. The first kappa shape index (κ1) is 15.2. The van der Waals surface area contributed by atoms with Gasteiger partial charge in [0, 0.05) is 9.26 Å². The van der Waals surface area contributed by atoms with E-state index in [0.29, 0.717) is 5.69 Å². The Balaban J connectivity index is 1.66. The van der Waals surface area contributed by atoms with Crippen LogP contribution in [0.5, 0.6) is 0 Å². The standard InChI is InChI=1S/C15H13IN4OS/c1-9-7-10(16)5-6-11(9)17-8-14(21)18-12-3-2-4-13-15(12)20-22-19-13/h2-7,17H,8H2,1H3,(H,18,21). The van der Waals surface area contributed by atoms with Crippen LogP contribution in [0.25, 0.3) is 11.0 Å². The summed E-state index contributed by atoms with van der Waals surface area (Å²) in [6.07, 6.45) is 0. The SMILES string of the molecule is Cc1cc(I)ccc1NCC(=O)Nc1cccc2nsnc12. The minimum Gasteiger partial charge on any atom is -0.376 e. The molecular weight excluding hydrogens is 411 g/mol. The number of rotatable bonds is 4. The van der Waals surface area contributed by atoms with E-state index in [9.17, 15) is 4.79 Å². The van der Waals surface area contributed by atoms with E-state index in [0.717, 1.165) is 34.0 Å². The number of benzene rings is 2. The first-order valence-corrected chi connectivity index (χ1v) is 8.45. The minimum atomic E-state index is -0.113. The lowest BCUT2D eigenvalue weighted by molar-refractivity contribution is -0.114. The quantitative estimate of drug-likeness (QED) is 0.628. The highest BCUT2D eigenvalue weighted by Gasteiger charge is 2.09. The molecule has 5 nitrogen and oxygen atoms in total. The van der Waals surface area contributed by atoms with Crippen LogP contribution in [0.4, 0.5) is 11.4 Å². The summed E-state index contributed by atoms with van der Waals surface area (Å²) in [5.74, 6) is -0.113. The zero-order chi connectivity index (χ0) is 15.5. The van der Waals surface area contributed by atoms with E-state index in [1.165, 1.54) is 3.57 Å². The fourth-order valence-electron chi connectivity index (χ4n) is 2.10. The molecule has 0 bridgehead atoms. The number of anilines is 2. The third kappa shape index (κ3) is 3.36. The van der Waals surface area contributed by atoms with E-state index in [-0.39, 0.29) is 12.5 Å². The molecule has 0 spiro atoms. The largest absolute Gasteiger partial charge is 0.376 e. The lowest BCUT2D eigenvalue weighted by Gasteiger charge is -2.10. The maximum atomic E-state index is 12.1. The lowest BCUT2D eigenvalue weighted by atomic mass is 10.2. The van der Waals surface area contributed by atoms with Crippen molar-refractivity contribution in [2.45, 2.75) is 6.92 Å². The maximum Gasteiger partial charge on any atom is 0.243 e. The monoisotopic (exact) mass is 424 g/mol. The van der Waals surface area contributed by atoms with E-state index in [2.05, 4.69) is 48.0 Å². The second-order valence-corrected chi connectivity index (χ2v) is 6.57. The number of nitrogens with zero attached hydrogens (tertiary/aromatic N) is 2. The number of amides is 1. The summed E-state index contributed by atoms with van der Waals surface area (Å²) in [7, 11) is 0. The van der Waals surface area contributed by atoms with Gasteiger partial charge in [0.25, 0.3) is 0 Å². The molecule has 0 radical (unpaired) electrons. The Morgan fingerprint density at radius 1 is 1.23 bits per heavy atom. The Labute approximate surface area is 145 Å². The summed E-state index contributed by atoms with van der Waals surface area (Å²) in [5, 5.41) is 6.03. The number of aromatic nitrogens is 2. The summed E-state index contributed by atoms with van der Waals surface area (Å²) >= 11 is 3.41. The van der Waals surface area contributed by atoms with Crippen molar-refractivity contribution < 1.29 is 4.79 Å². The summed E-state index contributed by atoms with van der Waals surface area (Å²) in [4.78, 5) is 12.1. The van der Waals surface area contributed by atoms with E-state index in [1.807, 2.05) is 37.3 Å². The smallest absolute Gasteiger partial charge is 0.243 e. The molecular formula is C15H13IN4OS. The van der Waals surface area contributed by atoms with Crippen molar-refractivity contribution >= 4 is 62.6 Å². The topological polar surface area (TPSA) is 66.9 Å². The predicted molar refractivity (Wildman–Crippen MR) is 98.4 cm³/mol. The molecule has 2 N–H and O–H groups in total. The van der Waals surface area contributed by atoms with Gasteiger partial charge in [-0.1, -0.05) is 6.07 Å². The van der Waals surface area contributed by atoms with Crippen molar-refractivity contribution in [2.24, 2.45) is 0 Å². The van der Waals surface area contributed by atoms with Crippen LogP contribution in [-0.4, -0.2) is 21.2 Å². The zero-order valence-corrected chi connectivity index (χ0v) is 14.7. The Bertz CT molecular complexity index is 833. The molecule has 22 heavy (non-hydrogen) atoms. The second kappa shape index (κ2) is 6.57. The van der Waals surface area contributed by atoms with Crippen molar-refractivity contribution in [1.82, 2.24) is 8.75 Å². The first-order valence-electron chi connectivity index (χ1n) is 6.64. The molecule has 0 saturated carbocycles. The highest BCUT2D eigenvalue weighted by Crippen LogP contribution is 2.21. The average Bonchev–Trinajstić information content (AvgIpc) is 2.96. The zero-order valence-electron chi connectivity index (χ0n) is 11.8. The molecule has 112 valence electrons. The van der Waals surface area contributed by atoms with Crippen molar-refractivity contribution in [3.8, 4) is 0 Å². The average molecular weight is 424 g/mol. The molecule has 7 heteroatoms. The van der Waals surface area contributed by atoms with Gasteiger partial charge in [0.2, 0.25) is 5.91 Å². The second-order valence-electron chi connectivity index (χ2n) is 4.80. The third-order valence-electron chi connectivity index (χ3n) is 3.19. The third-order valence-corrected chi connectivity index (χ3v) is 4.40. The van der Waals surface area contributed by atoms with Crippen molar-refractivity contribution in [3.05, 3.63) is 45.5 Å². The van der Waals surface area contributed by atoms with Gasteiger partial charge in [0.05, 0.1) is 24.0 Å². The van der Waals surface area contributed by atoms with Crippen LogP contribution in [0.2, 0.25) is 0 Å². The molecule has 0 atom stereocenters. The number of hydrogen-bond acceptors (Lipinski definition) is 5. The first-order chi connectivity index (χ1) is 10.6. The molecule has 0 unspecified atom stereocenters. The molecule has 1 heterocycles. The van der Waals surface area contributed by atoms with E-state index in [1.54, 1.807) is 0 Å². The van der Waals surface area contributed by atoms with Crippen LogP contribution < -0.4 is 10.6 Å². The fourth-order valence-corrected chi connectivity index (χ4v) is 3.30. The Kier molecular flexibility index (Phi) is 4.53.